The minimum Gasteiger partial charge on any atom is -0.368 e. The summed E-state index contributed by atoms with van der Waals surface area (Å²) >= 11 is 0. The summed E-state index contributed by atoms with van der Waals surface area (Å²) < 4.78 is 0. The summed E-state index contributed by atoms with van der Waals surface area (Å²) in [5.74, 6) is -0.269. The van der Waals surface area contributed by atoms with Crippen LogP contribution in [0.1, 0.15) is 37.8 Å². The number of aryl methyl sites for hydroxylation is 1. The smallest absolute Gasteiger partial charge is 0.240 e. The molecule has 0 bridgehead atoms. The molecule has 2 heterocycles. The van der Waals surface area contributed by atoms with E-state index in [0.717, 1.165) is 25.0 Å². The quantitative estimate of drug-likeness (QED) is 0.883. The van der Waals surface area contributed by atoms with Crippen molar-refractivity contribution < 1.29 is 9.59 Å². The van der Waals surface area contributed by atoms with E-state index in [4.69, 9.17) is 5.73 Å². The van der Waals surface area contributed by atoms with Gasteiger partial charge < -0.3 is 5.73 Å². The topological polar surface area (TPSA) is 89.2 Å². The number of nitrogens with two attached hydrogens (primary N) is 1. The second-order valence-corrected chi connectivity index (χ2v) is 5.96. The highest BCUT2D eigenvalue weighted by Gasteiger charge is 2.54. The van der Waals surface area contributed by atoms with Gasteiger partial charge in [0.15, 0.2) is 0 Å². The van der Waals surface area contributed by atoms with Gasteiger partial charge in [-0.25, -0.2) is 9.97 Å². The first-order valence-electron chi connectivity index (χ1n) is 7.28. The monoisotopic (exact) mass is 287 g/mol. The average Bonchev–Trinajstić information content (AvgIpc) is 2.74. The van der Waals surface area contributed by atoms with E-state index in [9.17, 15) is 9.59 Å². The molecule has 1 aliphatic carbocycles. The van der Waals surface area contributed by atoms with Crippen LogP contribution in [0.4, 0.5) is 5.95 Å². The van der Waals surface area contributed by atoms with Gasteiger partial charge in [0, 0.05) is 11.9 Å². The Morgan fingerprint density at radius 2 is 2.33 bits per heavy atom. The Hall–Kier alpha value is -1.98. The summed E-state index contributed by atoms with van der Waals surface area (Å²) in [6.45, 7) is 1.83. The largest absolute Gasteiger partial charge is 0.368 e. The maximum absolute atomic E-state index is 12.9. The molecule has 111 valence electrons. The van der Waals surface area contributed by atoms with Crippen LogP contribution < -0.4 is 10.6 Å². The number of carbonyl (C=O) groups is 2. The van der Waals surface area contributed by atoms with E-state index in [1.165, 1.54) is 4.90 Å². The molecule has 3 rings (SSSR count). The molecule has 1 aliphatic heterocycles. The van der Waals surface area contributed by atoms with Crippen molar-refractivity contribution in [3.63, 3.8) is 0 Å². The second kappa shape index (κ2) is 5.09. The second-order valence-electron chi connectivity index (χ2n) is 5.96. The summed E-state index contributed by atoms with van der Waals surface area (Å²) in [4.78, 5) is 34.6. The van der Waals surface area contributed by atoms with E-state index < -0.39 is 17.4 Å². The predicted molar refractivity (Wildman–Crippen MR) is 77.1 cm³/mol. The molecule has 2 unspecified atom stereocenters. The van der Waals surface area contributed by atoms with Crippen molar-refractivity contribution in [1.29, 1.82) is 0 Å². The molecular formula is C15H19N4O2. The van der Waals surface area contributed by atoms with Gasteiger partial charge >= 0.3 is 0 Å². The molecule has 0 aromatic carbocycles. The SMILES string of the molecule is Cc1ccnc(N2C(=O)C3(C[CH]CCC3)CC2C(N)=O)n1. The van der Waals surface area contributed by atoms with Crippen LogP contribution in [0, 0.1) is 18.8 Å². The Kier molecular flexibility index (Phi) is 3.39. The molecule has 2 fully saturated rings. The Labute approximate surface area is 123 Å². The Morgan fingerprint density at radius 3 is 2.95 bits per heavy atom. The van der Waals surface area contributed by atoms with Gasteiger partial charge in [-0.3, -0.25) is 14.5 Å². The first-order chi connectivity index (χ1) is 10.0. The molecule has 6 heteroatoms. The number of primary amides is 1. The standard InChI is InChI=1S/C15H19N4O2/c1-10-5-8-17-14(18-10)19-11(12(16)20)9-15(13(19)21)6-3-2-4-7-15/h3,5,8,11H,2,4,6-7,9H2,1H3,(H2,16,20). The van der Waals surface area contributed by atoms with Gasteiger partial charge in [0.1, 0.15) is 6.04 Å². The molecule has 1 saturated heterocycles. The summed E-state index contributed by atoms with van der Waals surface area (Å²) in [6, 6.07) is 1.11. The Balaban J connectivity index is 2.00. The first kappa shape index (κ1) is 14.0. The molecule has 6 nitrogen and oxygen atoms in total. The molecule has 1 spiro atoms. The molecular weight excluding hydrogens is 268 g/mol. The van der Waals surface area contributed by atoms with Crippen LogP contribution in [0.2, 0.25) is 0 Å². The van der Waals surface area contributed by atoms with Crippen molar-refractivity contribution in [3.05, 3.63) is 24.4 Å². The van der Waals surface area contributed by atoms with Crippen molar-refractivity contribution in [2.75, 3.05) is 4.90 Å². The number of amides is 2. The fourth-order valence-electron chi connectivity index (χ4n) is 3.40. The highest BCUT2D eigenvalue weighted by atomic mass is 16.2. The third-order valence-electron chi connectivity index (χ3n) is 4.49. The first-order valence-corrected chi connectivity index (χ1v) is 7.28. The van der Waals surface area contributed by atoms with Crippen LogP contribution in [0.25, 0.3) is 0 Å². The van der Waals surface area contributed by atoms with Crippen molar-refractivity contribution in [2.45, 2.75) is 45.1 Å². The van der Waals surface area contributed by atoms with Crippen LogP contribution in [0.3, 0.4) is 0 Å². The molecule has 1 aromatic rings. The zero-order chi connectivity index (χ0) is 15.0. The predicted octanol–water partition coefficient (Wildman–Crippen LogP) is 1.14. The lowest BCUT2D eigenvalue weighted by atomic mass is 9.72. The molecule has 1 saturated carbocycles. The van der Waals surface area contributed by atoms with Crippen LogP contribution >= 0.6 is 0 Å². The zero-order valence-corrected chi connectivity index (χ0v) is 12.1. The molecule has 1 radical (unpaired) electrons. The normalized spacial score (nSPS) is 24.5. The molecule has 2 aliphatic rings. The van der Waals surface area contributed by atoms with Crippen molar-refractivity contribution in [2.24, 2.45) is 11.1 Å². The van der Waals surface area contributed by atoms with E-state index in [-0.39, 0.29) is 11.9 Å². The van der Waals surface area contributed by atoms with Crippen LogP contribution in [0.15, 0.2) is 12.3 Å². The molecule has 21 heavy (non-hydrogen) atoms. The zero-order valence-electron chi connectivity index (χ0n) is 12.1. The van der Waals surface area contributed by atoms with Crippen LogP contribution in [-0.2, 0) is 9.59 Å². The Morgan fingerprint density at radius 1 is 1.52 bits per heavy atom. The fourth-order valence-corrected chi connectivity index (χ4v) is 3.40. The van der Waals surface area contributed by atoms with E-state index in [1.807, 2.05) is 6.92 Å². The number of hydrogen-bond acceptors (Lipinski definition) is 4. The van der Waals surface area contributed by atoms with Crippen molar-refractivity contribution >= 4 is 17.8 Å². The van der Waals surface area contributed by atoms with E-state index in [0.29, 0.717) is 12.8 Å². The van der Waals surface area contributed by atoms with E-state index in [1.54, 1.807) is 12.3 Å². The maximum atomic E-state index is 12.9. The minimum atomic E-state index is -0.647. The number of anilines is 1. The molecule has 1 aromatic heterocycles. The number of rotatable bonds is 2. The number of hydrogen-bond donors (Lipinski definition) is 1. The minimum absolute atomic E-state index is 0.0622. The van der Waals surface area contributed by atoms with Gasteiger partial charge in [-0.05, 0) is 38.7 Å². The number of nitrogens with zero attached hydrogens (tertiary/aromatic N) is 3. The van der Waals surface area contributed by atoms with Crippen LogP contribution in [-0.4, -0.2) is 27.8 Å². The molecule has 2 atom stereocenters. The third-order valence-corrected chi connectivity index (χ3v) is 4.49. The van der Waals surface area contributed by atoms with Crippen molar-refractivity contribution in [3.8, 4) is 0 Å². The highest BCUT2D eigenvalue weighted by Crippen LogP contribution is 2.47. The van der Waals surface area contributed by atoms with Crippen molar-refractivity contribution in [1.82, 2.24) is 9.97 Å². The maximum Gasteiger partial charge on any atom is 0.240 e. The lowest BCUT2D eigenvalue weighted by molar-refractivity contribution is -0.127. The lowest BCUT2D eigenvalue weighted by Crippen LogP contribution is -2.44. The van der Waals surface area contributed by atoms with Crippen LogP contribution in [0.5, 0.6) is 0 Å². The fraction of sp³-hybridized carbons (Fsp3) is 0.533. The summed E-state index contributed by atoms with van der Waals surface area (Å²) in [5.41, 5.74) is 5.78. The van der Waals surface area contributed by atoms with Gasteiger partial charge in [-0.2, -0.15) is 0 Å². The lowest BCUT2D eigenvalue weighted by Gasteiger charge is -2.30. The summed E-state index contributed by atoms with van der Waals surface area (Å²) in [7, 11) is 0. The van der Waals surface area contributed by atoms with E-state index in [2.05, 4.69) is 16.4 Å². The van der Waals surface area contributed by atoms with Gasteiger partial charge in [-0.15, -0.1) is 0 Å². The number of carbonyl (C=O) groups excluding carboxylic acids is 2. The van der Waals surface area contributed by atoms with E-state index >= 15 is 0 Å². The average molecular weight is 287 g/mol. The number of aromatic nitrogens is 2. The summed E-state index contributed by atoms with van der Waals surface area (Å²) in [5, 5.41) is 0. The van der Waals surface area contributed by atoms with Gasteiger partial charge in [0.05, 0.1) is 5.41 Å². The summed E-state index contributed by atoms with van der Waals surface area (Å²) in [6.07, 6.45) is 7.71. The molecule has 2 N–H and O–H groups in total. The third kappa shape index (κ3) is 2.28. The van der Waals surface area contributed by atoms with Gasteiger partial charge in [-0.1, -0.05) is 12.8 Å². The Bertz CT molecular complexity index is 581. The highest BCUT2D eigenvalue weighted by molar-refractivity contribution is 6.05. The van der Waals surface area contributed by atoms with Gasteiger partial charge in [0.25, 0.3) is 0 Å². The van der Waals surface area contributed by atoms with Gasteiger partial charge in [0.2, 0.25) is 17.8 Å². The molecule has 2 amide bonds.